The molecule has 1 aliphatic rings. The number of aromatic nitrogens is 1. The van der Waals surface area contributed by atoms with Gasteiger partial charge in [-0.05, 0) is 24.3 Å². The van der Waals surface area contributed by atoms with Crippen LogP contribution in [0.15, 0.2) is 41.8 Å². The van der Waals surface area contributed by atoms with Crippen molar-refractivity contribution in [1.82, 2.24) is 4.98 Å². The van der Waals surface area contributed by atoms with Crippen LogP contribution in [0.3, 0.4) is 0 Å². The van der Waals surface area contributed by atoms with Gasteiger partial charge in [0.2, 0.25) is 5.75 Å². The van der Waals surface area contributed by atoms with Gasteiger partial charge in [0, 0.05) is 29.7 Å². The largest absolute Gasteiger partial charge is 0.493 e. The topological polar surface area (TPSA) is 82.2 Å². The average Bonchev–Trinajstić information content (AvgIpc) is 3.34. The van der Waals surface area contributed by atoms with Gasteiger partial charge < -0.3 is 29.2 Å². The first-order chi connectivity index (χ1) is 15.6. The minimum atomic E-state index is -0.307. The van der Waals surface area contributed by atoms with E-state index in [9.17, 15) is 4.79 Å². The van der Waals surface area contributed by atoms with Crippen LogP contribution in [0.2, 0.25) is 0 Å². The molecule has 168 valence electrons. The Labute approximate surface area is 190 Å². The van der Waals surface area contributed by atoms with E-state index in [2.05, 4.69) is 10.2 Å². The number of methoxy groups -OCH3 is 3. The molecule has 0 unspecified atom stereocenters. The summed E-state index contributed by atoms with van der Waals surface area (Å²) >= 11 is 1.63. The van der Waals surface area contributed by atoms with E-state index in [0.29, 0.717) is 28.5 Å². The maximum absolute atomic E-state index is 12.9. The van der Waals surface area contributed by atoms with Crippen molar-refractivity contribution >= 4 is 28.1 Å². The molecule has 8 nitrogen and oxygen atoms in total. The van der Waals surface area contributed by atoms with E-state index in [4.69, 9.17) is 23.9 Å². The number of thiazole rings is 1. The van der Waals surface area contributed by atoms with Gasteiger partial charge in [-0.15, -0.1) is 11.3 Å². The number of amides is 1. The lowest BCUT2D eigenvalue weighted by molar-refractivity contribution is 0.102. The van der Waals surface area contributed by atoms with Gasteiger partial charge in [0.05, 0.1) is 45.8 Å². The van der Waals surface area contributed by atoms with Gasteiger partial charge in [-0.2, -0.15) is 0 Å². The molecule has 0 spiro atoms. The number of carbonyl (C=O) groups is 1. The molecule has 4 rings (SSSR count). The molecule has 32 heavy (non-hydrogen) atoms. The second-order valence-electron chi connectivity index (χ2n) is 7.03. The van der Waals surface area contributed by atoms with E-state index in [1.54, 1.807) is 23.5 Å². The number of rotatable bonds is 7. The summed E-state index contributed by atoms with van der Waals surface area (Å²) in [6, 6.07) is 10.9. The van der Waals surface area contributed by atoms with Crippen molar-refractivity contribution < 1.29 is 23.7 Å². The highest BCUT2D eigenvalue weighted by Gasteiger charge is 2.21. The molecule has 3 aromatic rings. The van der Waals surface area contributed by atoms with E-state index in [1.165, 1.54) is 21.3 Å². The molecule has 1 amide bonds. The van der Waals surface area contributed by atoms with E-state index < -0.39 is 0 Å². The van der Waals surface area contributed by atoms with E-state index >= 15 is 0 Å². The summed E-state index contributed by atoms with van der Waals surface area (Å²) in [4.78, 5) is 19.9. The SMILES string of the molecule is COc1ccc(C(=O)Nc2ccc(-c3csc(N4CCOCC4)n3)cc2)c(OC)c1OC. The maximum atomic E-state index is 12.9. The second-order valence-corrected chi connectivity index (χ2v) is 7.86. The van der Waals surface area contributed by atoms with Crippen LogP contribution in [0.4, 0.5) is 10.8 Å². The standard InChI is InChI=1S/C23H25N3O5S/c1-28-19-9-8-17(20(29-2)21(19)30-3)22(27)24-16-6-4-15(5-7-16)18-14-32-23(25-18)26-10-12-31-13-11-26/h4-9,14H,10-13H2,1-3H3,(H,24,27). The fraction of sp³-hybridized carbons (Fsp3) is 0.304. The van der Waals surface area contributed by atoms with E-state index in [1.807, 2.05) is 29.6 Å². The fourth-order valence-electron chi connectivity index (χ4n) is 3.50. The Hall–Kier alpha value is -3.30. The van der Waals surface area contributed by atoms with Gasteiger partial charge >= 0.3 is 0 Å². The zero-order chi connectivity index (χ0) is 22.5. The van der Waals surface area contributed by atoms with Crippen LogP contribution < -0.4 is 24.4 Å². The lowest BCUT2D eigenvalue weighted by Crippen LogP contribution is -2.36. The monoisotopic (exact) mass is 455 g/mol. The van der Waals surface area contributed by atoms with Crippen LogP contribution in [-0.4, -0.2) is 58.5 Å². The number of nitrogens with one attached hydrogen (secondary N) is 1. The average molecular weight is 456 g/mol. The number of morpholine rings is 1. The maximum Gasteiger partial charge on any atom is 0.259 e. The van der Waals surface area contributed by atoms with Gasteiger partial charge in [-0.1, -0.05) is 12.1 Å². The first-order valence-corrected chi connectivity index (χ1v) is 11.0. The third kappa shape index (κ3) is 4.49. The molecule has 2 heterocycles. The lowest BCUT2D eigenvalue weighted by atomic mass is 10.1. The highest BCUT2D eigenvalue weighted by atomic mass is 32.1. The molecule has 0 atom stereocenters. The number of anilines is 2. The Bertz CT molecular complexity index is 1080. The molecule has 1 aliphatic heterocycles. The van der Waals surface area contributed by atoms with Crippen molar-refractivity contribution in [3.05, 3.63) is 47.3 Å². The lowest BCUT2D eigenvalue weighted by Gasteiger charge is -2.26. The van der Waals surface area contributed by atoms with Crippen LogP contribution in [0.25, 0.3) is 11.3 Å². The highest BCUT2D eigenvalue weighted by Crippen LogP contribution is 2.40. The van der Waals surface area contributed by atoms with Crippen molar-refractivity contribution in [2.75, 3.05) is 57.8 Å². The van der Waals surface area contributed by atoms with Gasteiger partial charge in [-0.25, -0.2) is 4.98 Å². The van der Waals surface area contributed by atoms with Crippen LogP contribution >= 0.6 is 11.3 Å². The number of hydrogen-bond acceptors (Lipinski definition) is 8. The molecule has 9 heteroatoms. The van der Waals surface area contributed by atoms with E-state index in [0.717, 1.165) is 42.7 Å². The molecule has 0 aliphatic carbocycles. The summed E-state index contributed by atoms with van der Waals surface area (Å²) in [6.07, 6.45) is 0. The fourth-order valence-corrected chi connectivity index (χ4v) is 4.39. The van der Waals surface area contributed by atoms with Crippen molar-refractivity contribution in [3.63, 3.8) is 0 Å². The van der Waals surface area contributed by atoms with Crippen molar-refractivity contribution in [3.8, 4) is 28.5 Å². The molecule has 1 fully saturated rings. The molecular formula is C23H25N3O5S. The smallest absolute Gasteiger partial charge is 0.259 e. The van der Waals surface area contributed by atoms with Gasteiger partial charge in [0.15, 0.2) is 16.6 Å². The Morgan fingerprint density at radius 2 is 1.72 bits per heavy atom. The van der Waals surface area contributed by atoms with Crippen molar-refractivity contribution in [1.29, 1.82) is 0 Å². The predicted molar refractivity (Wildman–Crippen MR) is 125 cm³/mol. The summed E-state index contributed by atoms with van der Waals surface area (Å²) in [6.45, 7) is 3.18. The van der Waals surface area contributed by atoms with Crippen LogP contribution in [0.5, 0.6) is 17.2 Å². The Balaban J connectivity index is 1.48. The Kier molecular flexibility index (Phi) is 6.77. The Morgan fingerprint density at radius 3 is 2.38 bits per heavy atom. The summed E-state index contributed by atoms with van der Waals surface area (Å²) in [5.41, 5.74) is 2.92. The molecule has 1 saturated heterocycles. The minimum Gasteiger partial charge on any atom is -0.493 e. The van der Waals surface area contributed by atoms with Crippen LogP contribution in [0.1, 0.15) is 10.4 Å². The molecule has 0 bridgehead atoms. The molecule has 0 radical (unpaired) electrons. The highest BCUT2D eigenvalue weighted by molar-refractivity contribution is 7.14. The van der Waals surface area contributed by atoms with E-state index in [-0.39, 0.29) is 5.91 Å². The predicted octanol–water partition coefficient (Wildman–Crippen LogP) is 3.92. The molecule has 0 saturated carbocycles. The number of nitrogens with zero attached hydrogens (tertiary/aromatic N) is 2. The van der Waals surface area contributed by atoms with Crippen LogP contribution in [-0.2, 0) is 4.74 Å². The zero-order valence-electron chi connectivity index (χ0n) is 18.2. The molecule has 1 N–H and O–H groups in total. The number of hydrogen-bond donors (Lipinski definition) is 1. The number of ether oxygens (including phenoxy) is 4. The quantitative estimate of drug-likeness (QED) is 0.578. The van der Waals surface area contributed by atoms with Gasteiger partial charge in [0.25, 0.3) is 5.91 Å². The van der Waals surface area contributed by atoms with Gasteiger partial charge in [-0.3, -0.25) is 4.79 Å². The zero-order valence-corrected chi connectivity index (χ0v) is 19.0. The number of benzene rings is 2. The molecule has 2 aromatic carbocycles. The normalized spacial score (nSPS) is 13.5. The van der Waals surface area contributed by atoms with Crippen molar-refractivity contribution in [2.24, 2.45) is 0 Å². The Morgan fingerprint density at radius 1 is 1.00 bits per heavy atom. The van der Waals surface area contributed by atoms with Gasteiger partial charge in [0.1, 0.15) is 0 Å². The summed E-state index contributed by atoms with van der Waals surface area (Å²) in [5, 5.41) is 5.95. The third-order valence-corrected chi connectivity index (χ3v) is 6.06. The van der Waals surface area contributed by atoms with Crippen LogP contribution in [0, 0.1) is 0 Å². The summed E-state index contributed by atoms with van der Waals surface area (Å²) < 4.78 is 21.5. The molecular weight excluding hydrogens is 430 g/mol. The minimum absolute atomic E-state index is 0.307. The first-order valence-electron chi connectivity index (χ1n) is 10.1. The molecule has 1 aromatic heterocycles. The first kappa shape index (κ1) is 21.9. The summed E-state index contributed by atoms with van der Waals surface area (Å²) in [7, 11) is 4.52. The number of carbonyl (C=O) groups excluding carboxylic acids is 1. The van der Waals surface area contributed by atoms with Crippen molar-refractivity contribution in [2.45, 2.75) is 0 Å². The second kappa shape index (κ2) is 9.88. The third-order valence-electron chi connectivity index (χ3n) is 5.16. The summed E-state index contributed by atoms with van der Waals surface area (Å²) in [5.74, 6) is 0.875.